The van der Waals surface area contributed by atoms with Gasteiger partial charge >= 0.3 is 0 Å². The van der Waals surface area contributed by atoms with Gasteiger partial charge in [-0.3, -0.25) is 14.9 Å². The van der Waals surface area contributed by atoms with Gasteiger partial charge in [0.25, 0.3) is 11.6 Å². The fourth-order valence-corrected chi connectivity index (χ4v) is 2.70. The lowest BCUT2D eigenvalue weighted by Gasteiger charge is -2.19. The predicted octanol–water partition coefficient (Wildman–Crippen LogP) is 3.48. The average molecular weight is 407 g/mol. The third kappa shape index (κ3) is 4.56. The number of hydrogen-bond donors (Lipinski definition) is 1. The van der Waals surface area contributed by atoms with Gasteiger partial charge in [-0.1, -0.05) is 30.9 Å². The lowest BCUT2D eigenvalue weighted by molar-refractivity contribution is -0.384. The molecule has 0 saturated heterocycles. The maximum atomic E-state index is 12.7. The van der Waals surface area contributed by atoms with Gasteiger partial charge < -0.3 is 19.5 Å². The molecule has 0 radical (unpaired) electrons. The Morgan fingerprint density at radius 3 is 2.67 bits per heavy atom. The van der Waals surface area contributed by atoms with Crippen LogP contribution in [0.2, 0.25) is 0 Å². The number of anilines is 1. The zero-order chi connectivity index (χ0) is 21.5. The molecule has 9 heteroatoms. The highest BCUT2D eigenvalue weighted by molar-refractivity contribution is 6.10. The van der Waals surface area contributed by atoms with Gasteiger partial charge in [-0.25, -0.2) is 0 Å². The Morgan fingerprint density at radius 1 is 1.30 bits per heavy atom. The van der Waals surface area contributed by atoms with E-state index < -0.39 is 10.8 Å². The highest BCUT2D eigenvalue weighted by atomic mass is 16.6. The van der Waals surface area contributed by atoms with Crippen molar-refractivity contribution in [3.8, 4) is 23.3 Å². The van der Waals surface area contributed by atoms with Gasteiger partial charge in [-0.15, -0.1) is 0 Å². The molecule has 1 amide bonds. The second-order valence-corrected chi connectivity index (χ2v) is 6.03. The van der Waals surface area contributed by atoms with Crippen molar-refractivity contribution in [3.05, 3.63) is 70.3 Å². The van der Waals surface area contributed by atoms with E-state index in [1.165, 1.54) is 18.2 Å². The fourth-order valence-electron chi connectivity index (χ4n) is 2.70. The molecule has 0 unspecified atom stereocenters. The Bertz CT molecular complexity index is 1070. The smallest absolute Gasteiger partial charge is 0.296 e. The first-order valence-electron chi connectivity index (χ1n) is 8.87. The Balaban J connectivity index is 1.91. The first-order valence-corrected chi connectivity index (χ1v) is 8.87. The van der Waals surface area contributed by atoms with Crippen molar-refractivity contribution in [3.63, 3.8) is 0 Å². The van der Waals surface area contributed by atoms with E-state index in [9.17, 15) is 20.2 Å². The Hall–Kier alpha value is -4.32. The fraction of sp³-hybridized carbons (Fsp3) is 0.143. The third-order valence-electron chi connectivity index (χ3n) is 4.05. The third-order valence-corrected chi connectivity index (χ3v) is 4.05. The van der Waals surface area contributed by atoms with Crippen LogP contribution in [0.5, 0.6) is 17.2 Å². The number of carbonyl (C=O) groups excluding carboxylic acids is 1. The minimum absolute atomic E-state index is 0.105. The number of fused-ring (bicyclic) bond motifs is 1. The van der Waals surface area contributed by atoms with Crippen molar-refractivity contribution in [2.75, 3.05) is 25.1 Å². The van der Waals surface area contributed by atoms with Crippen LogP contribution in [0, 0.1) is 21.4 Å². The molecule has 2 aromatic carbocycles. The van der Waals surface area contributed by atoms with Crippen LogP contribution >= 0.6 is 0 Å². The summed E-state index contributed by atoms with van der Waals surface area (Å²) in [5, 5.41) is 23.3. The Kier molecular flexibility index (Phi) is 6.29. The molecule has 1 aliphatic heterocycles. The summed E-state index contributed by atoms with van der Waals surface area (Å²) in [6, 6.07) is 11.1. The summed E-state index contributed by atoms with van der Waals surface area (Å²) in [7, 11) is 0. The number of nitro benzene ring substituents is 1. The Morgan fingerprint density at radius 2 is 2.00 bits per heavy atom. The molecule has 0 spiro atoms. The number of para-hydroxylation sites is 1. The molecule has 0 atom stereocenters. The van der Waals surface area contributed by atoms with Gasteiger partial charge in [0, 0.05) is 11.6 Å². The molecule has 0 saturated carbocycles. The molecule has 2 aromatic rings. The van der Waals surface area contributed by atoms with E-state index in [4.69, 9.17) is 14.2 Å². The number of ether oxygens (including phenoxy) is 3. The summed E-state index contributed by atoms with van der Waals surface area (Å²) < 4.78 is 16.3. The lowest BCUT2D eigenvalue weighted by Crippen LogP contribution is -2.18. The minimum atomic E-state index is -0.809. The molecule has 1 N–H and O–H groups in total. The van der Waals surface area contributed by atoms with Crippen LogP contribution in [0.3, 0.4) is 0 Å². The van der Waals surface area contributed by atoms with E-state index in [-0.39, 0.29) is 48.3 Å². The number of nitriles is 1. The molecule has 0 fully saturated rings. The molecular formula is C21H17N3O6. The van der Waals surface area contributed by atoms with Gasteiger partial charge in [0.1, 0.15) is 42.9 Å². The molecule has 3 rings (SSSR count). The van der Waals surface area contributed by atoms with Crippen molar-refractivity contribution in [1.82, 2.24) is 0 Å². The number of benzene rings is 2. The van der Waals surface area contributed by atoms with E-state index in [0.717, 1.165) is 0 Å². The minimum Gasteiger partial charge on any atom is -0.489 e. The Labute approximate surface area is 171 Å². The van der Waals surface area contributed by atoms with Crippen LogP contribution in [-0.2, 0) is 4.79 Å². The van der Waals surface area contributed by atoms with Crippen molar-refractivity contribution in [2.45, 2.75) is 0 Å². The number of rotatable bonds is 7. The SMILES string of the molecule is C=CCOc1ccccc1/C=C(\C#N)C(=O)Nc1cc2c(cc1[N+](=O)[O-])OCCO2. The highest BCUT2D eigenvalue weighted by Gasteiger charge is 2.24. The molecular weight excluding hydrogens is 390 g/mol. The van der Waals surface area contributed by atoms with Crippen LogP contribution in [0.4, 0.5) is 11.4 Å². The molecule has 0 aliphatic carbocycles. The molecule has 0 aromatic heterocycles. The normalized spacial score (nSPS) is 12.4. The van der Waals surface area contributed by atoms with Crippen molar-refractivity contribution < 1.29 is 23.9 Å². The van der Waals surface area contributed by atoms with Gasteiger partial charge in [0.05, 0.1) is 11.0 Å². The van der Waals surface area contributed by atoms with Crippen LogP contribution in [0.15, 0.2) is 54.6 Å². The molecule has 9 nitrogen and oxygen atoms in total. The standard InChI is InChI=1S/C21H17N3O6/c1-2-7-28-18-6-4-3-5-14(18)10-15(13-22)21(25)23-16-11-19-20(30-9-8-29-19)12-17(16)24(26)27/h2-6,10-12H,1,7-9H2,(H,23,25)/b15-10+. The molecule has 152 valence electrons. The number of nitro groups is 1. The first-order chi connectivity index (χ1) is 14.5. The lowest BCUT2D eigenvalue weighted by atomic mass is 10.1. The molecule has 1 heterocycles. The topological polar surface area (TPSA) is 124 Å². The monoisotopic (exact) mass is 407 g/mol. The van der Waals surface area contributed by atoms with Gasteiger partial charge in [0.15, 0.2) is 11.5 Å². The first kappa shape index (κ1) is 20.4. The summed E-state index contributed by atoms with van der Waals surface area (Å²) >= 11 is 0. The summed E-state index contributed by atoms with van der Waals surface area (Å²) in [6.45, 7) is 4.38. The van der Waals surface area contributed by atoms with E-state index in [1.54, 1.807) is 30.3 Å². The number of nitrogens with zero attached hydrogens (tertiary/aromatic N) is 2. The number of amides is 1. The zero-order valence-electron chi connectivity index (χ0n) is 15.8. The maximum Gasteiger partial charge on any atom is 0.296 e. The van der Waals surface area contributed by atoms with Gasteiger partial charge in [0.2, 0.25) is 0 Å². The van der Waals surface area contributed by atoms with Crippen molar-refractivity contribution in [1.29, 1.82) is 5.26 Å². The second-order valence-electron chi connectivity index (χ2n) is 6.03. The van der Waals surface area contributed by atoms with Gasteiger partial charge in [-0.2, -0.15) is 5.26 Å². The van der Waals surface area contributed by atoms with E-state index in [2.05, 4.69) is 11.9 Å². The highest BCUT2D eigenvalue weighted by Crippen LogP contribution is 2.39. The van der Waals surface area contributed by atoms with Crippen LogP contribution < -0.4 is 19.5 Å². The van der Waals surface area contributed by atoms with Crippen LogP contribution in [0.1, 0.15) is 5.56 Å². The van der Waals surface area contributed by atoms with Crippen molar-refractivity contribution in [2.24, 2.45) is 0 Å². The predicted molar refractivity (Wildman–Crippen MR) is 108 cm³/mol. The number of carbonyl (C=O) groups is 1. The summed E-state index contributed by atoms with van der Waals surface area (Å²) in [6.07, 6.45) is 2.91. The van der Waals surface area contributed by atoms with E-state index in [1.807, 2.05) is 6.07 Å². The van der Waals surface area contributed by atoms with E-state index in [0.29, 0.717) is 11.3 Å². The van der Waals surface area contributed by atoms with E-state index >= 15 is 0 Å². The molecule has 1 aliphatic rings. The molecule has 30 heavy (non-hydrogen) atoms. The summed E-state index contributed by atoms with van der Waals surface area (Å²) in [5.74, 6) is 0.141. The van der Waals surface area contributed by atoms with Crippen LogP contribution in [0.25, 0.3) is 6.08 Å². The largest absolute Gasteiger partial charge is 0.489 e. The number of nitrogens with one attached hydrogen (secondary N) is 1. The summed E-state index contributed by atoms with van der Waals surface area (Å²) in [5.41, 5.74) is -0.234. The van der Waals surface area contributed by atoms with Crippen molar-refractivity contribution >= 4 is 23.4 Å². The average Bonchev–Trinajstić information content (AvgIpc) is 2.75. The van der Waals surface area contributed by atoms with Crippen LogP contribution in [-0.4, -0.2) is 30.7 Å². The summed E-state index contributed by atoms with van der Waals surface area (Å²) in [4.78, 5) is 23.4. The number of hydrogen-bond acceptors (Lipinski definition) is 7. The van der Waals surface area contributed by atoms with Gasteiger partial charge in [-0.05, 0) is 12.1 Å². The zero-order valence-corrected chi connectivity index (χ0v) is 15.8. The molecule has 0 bridgehead atoms. The quantitative estimate of drug-likeness (QED) is 0.245. The second kappa shape index (κ2) is 9.25. The maximum absolute atomic E-state index is 12.7.